The van der Waals surface area contributed by atoms with Crippen LogP contribution in [-0.4, -0.2) is 32.0 Å². The summed E-state index contributed by atoms with van der Waals surface area (Å²) in [6.45, 7) is 10.7. The van der Waals surface area contributed by atoms with Crippen molar-refractivity contribution in [3.05, 3.63) is 54.0 Å². The number of hydrogen-bond donors (Lipinski definition) is 2. The Morgan fingerprint density at radius 1 is 1.16 bits per heavy atom. The monoisotopic (exact) mass is 455 g/mol. The first kappa shape index (κ1) is 23.6. The third kappa shape index (κ3) is 5.59. The van der Waals surface area contributed by atoms with Crippen LogP contribution in [0.2, 0.25) is 0 Å². The Morgan fingerprint density at radius 3 is 2.38 bits per heavy atom. The second-order valence-electron chi connectivity index (χ2n) is 8.94. The molecule has 0 aliphatic rings. The lowest BCUT2D eigenvalue weighted by Crippen LogP contribution is -2.42. The van der Waals surface area contributed by atoms with Gasteiger partial charge in [-0.15, -0.1) is 10.2 Å². The molecule has 170 valence electrons. The van der Waals surface area contributed by atoms with Crippen LogP contribution >= 0.6 is 11.8 Å². The number of thioether (sulfide) groups is 1. The Morgan fingerprint density at radius 2 is 1.84 bits per heavy atom. The molecule has 0 spiro atoms. The summed E-state index contributed by atoms with van der Waals surface area (Å²) < 4.78 is 7.46. The van der Waals surface area contributed by atoms with Crippen molar-refractivity contribution in [3.63, 3.8) is 0 Å². The summed E-state index contributed by atoms with van der Waals surface area (Å²) in [4.78, 5) is 23.7. The van der Waals surface area contributed by atoms with Gasteiger partial charge in [0.15, 0.2) is 11.0 Å². The number of rotatable bonds is 7. The normalized spacial score (nSPS) is 12.7. The molecule has 0 saturated carbocycles. The number of carbonyl (C=O) groups is 2. The van der Waals surface area contributed by atoms with Gasteiger partial charge in [0.05, 0.1) is 18.1 Å². The summed E-state index contributed by atoms with van der Waals surface area (Å²) in [5.74, 6) is 0.882. The maximum Gasteiger partial charge on any atom is 0.318 e. The minimum Gasteiger partial charge on any atom is -0.467 e. The average Bonchev–Trinajstić information content (AvgIpc) is 3.35. The van der Waals surface area contributed by atoms with E-state index in [4.69, 9.17) is 10.2 Å². The predicted molar refractivity (Wildman–Crippen MR) is 124 cm³/mol. The quantitative estimate of drug-likeness (QED) is 0.516. The summed E-state index contributed by atoms with van der Waals surface area (Å²) in [6.07, 6.45) is 1.61. The van der Waals surface area contributed by atoms with E-state index < -0.39 is 17.2 Å². The smallest absolute Gasteiger partial charge is 0.318 e. The highest BCUT2D eigenvalue weighted by Crippen LogP contribution is 2.32. The predicted octanol–water partition coefficient (Wildman–Crippen LogP) is 4.20. The van der Waals surface area contributed by atoms with Crippen LogP contribution in [0, 0.1) is 5.92 Å². The van der Waals surface area contributed by atoms with E-state index >= 15 is 0 Å². The van der Waals surface area contributed by atoms with Crippen molar-refractivity contribution < 1.29 is 14.0 Å². The van der Waals surface area contributed by atoms with E-state index in [2.05, 4.69) is 48.4 Å². The van der Waals surface area contributed by atoms with E-state index in [0.717, 1.165) is 11.3 Å². The number of primary amides is 1. The van der Waals surface area contributed by atoms with Crippen molar-refractivity contribution in [2.24, 2.45) is 11.7 Å². The van der Waals surface area contributed by atoms with Crippen LogP contribution in [0.1, 0.15) is 45.9 Å². The van der Waals surface area contributed by atoms with Crippen LogP contribution in [0.3, 0.4) is 0 Å². The Balaban J connectivity index is 1.99. The number of urea groups is 1. The number of furan rings is 1. The first-order valence-corrected chi connectivity index (χ1v) is 11.3. The molecule has 8 nitrogen and oxygen atoms in total. The molecule has 0 aliphatic carbocycles. The summed E-state index contributed by atoms with van der Waals surface area (Å²) in [7, 11) is 0. The second-order valence-corrected chi connectivity index (χ2v) is 10.0. The average molecular weight is 456 g/mol. The summed E-state index contributed by atoms with van der Waals surface area (Å²) >= 11 is 1.25. The molecule has 0 radical (unpaired) electrons. The van der Waals surface area contributed by atoms with Crippen molar-refractivity contribution in [2.75, 3.05) is 0 Å². The van der Waals surface area contributed by atoms with E-state index in [1.165, 1.54) is 17.3 Å². The third-order valence-corrected chi connectivity index (χ3v) is 6.49. The van der Waals surface area contributed by atoms with Crippen LogP contribution in [-0.2, 0) is 16.8 Å². The molecule has 3 aromatic rings. The van der Waals surface area contributed by atoms with Gasteiger partial charge in [0.1, 0.15) is 5.76 Å². The Labute approximate surface area is 192 Å². The fraction of sp³-hybridized carbons (Fsp3) is 0.391. The molecule has 1 atom stereocenters. The Kier molecular flexibility index (Phi) is 7.08. The Bertz CT molecular complexity index is 1070. The SMILES string of the molecule is CC(C)C(Sc1nnc(-c2ccc(C(C)(C)C)cc2)n1Cc1ccco1)C(=O)NC(N)=O. The summed E-state index contributed by atoms with van der Waals surface area (Å²) in [5.41, 5.74) is 7.31. The topological polar surface area (TPSA) is 116 Å². The molecular weight excluding hydrogens is 426 g/mol. The van der Waals surface area contributed by atoms with Gasteiger partial charge in [-0.25, -0.2) is 4.79 Å². The maximum absolute atomic E-state index is 12.5. The van der Waals surface area contributed by atoms with Gasteiger partial charge in [0.2, 0.25) is 5.91 Å². The lowest BCUT2D eigenvalue weighted by atomic mass is 9.87. The molecule has 9 heteroatoms. The lowest BCUT2D eigenvalue weighted by Gasteiger charge is -2.20. The largest absolute Gasteiger partial charge is 0.467 e. The molecule has 1 unspecified atom stereocenters. The molecule has 3 N–H and O–H groups in total. The minimum atomic E-state index is -0.877. The Hall–Kier alpha value is -3.07. The van der Waals surface area contributed by atoms with Crippen LogP contribution < -0.4 is 11.1 Å². The summed E-state index contributed by atoms with van der Waals surface area (Å²) in [6, 6.07) is 11.0. The number of benzene rings is 1. The van der Waals surface area contributed by atoms with Crippen LogP contribution in [0.25, 0.3) is 11.4 Å². The van der Waals surface area contributed by atoms with Crippen molar-refractivity contribution in [1.29, 1.82) is 0 Å². The van der Waals surface area contributed by atoms with Gasteiger partial charge in [0.25, 0.3) is 0 Å². The van der Waals surface area contributed by atoms with E-state index in [-0.39, 0.29) is 11.3 Å². The molecule has 0 bridgehead atoms. The van der Waals surface area contributed by atoms with E-state index in [0.29, 0.717) is 17.5 Å². The lowest BCUT2D eigenvalue weighted by molar-refractivity contribution is -0.120. The molecule has 32 heavy (non-hydrogen) atoms. The zero-order valence-corrected chi connectivity index (χ0v) is 19.8. The molecule has 0 fully saturated rings. The van der Waals surface area contributed by atoms with Crippen LogP contribution in [0.5, 0.6) is 0 Å². The van der Waals surface area contributed by atoms with Gasteiger partial charge in [-0.2, -0.15) is 0 Å². The van der Waals surface area contributed by atoms with Crippen molar-refractivity contribution in [1.82, 2.24) is 20.1 Å². The molecule has 2 aromatic heterocycles. The van der Waals surface area contributed by atoms with E-state index in [9.17, 15) is 9.59 Å². The first-order chi connectivity index (χ1) is 15.1. The zero-order chi connectivity index (χ0) is 23.5. The van der Waals surface area contributed by atoms with Crippen LogP contribution in [0.15, 0.2) is 52.2 Å². The molecule has 3 amide bonds. The zero-order valence-electron chi connectivity index (χ0n) is 19.0. The van der Waals surface area contributed by atoms with E-state index in [1.54, 1.807) is 6.26 Å². The standard InChI is InChI=1S/C23H29N5O3S/c1-14(2)18(20(29)25-21(24)30)32-22-27-26-19(28(22)13-17-7-6-12-31-17)15-8-10-16(11-9-15)23(3,4)5/h6-12,14,18H,13H2,1-5H3,(H3,24,25,29,30). The fourth-order valence-corrected chi connectivity index (χ4v) is 4.24. The van der Waals surface area contributed by atoms with Gasteiger partial charge in [-0.1, -0.05) is 70.6 Å². The first-order valence-electron chi connectivity index (χ1n) is 10.4. The number of aromatic nitrogens is 3. The number of imide groups is 1. The van der Waals surface area contributed by atoms with Gasteiger partial charge in [-0.3, -0.25) is 14.7 Å². The van der Waals surface area contributed by atoms with E-state index in [1.807, 2.05) is 42.7 Å². The van der Waals surface area contributed by atoms with Gasteiger partial charge < -0.3 is 10.2 Å². The number of nitrogens with two attached hydrogens (primary N) is 1. The van der Waals surface area contributed by atoms with Gasteiger partial charge >= 0.3 is 6.03 Å². The highest BCUT2D eigenvalue weighted by molar-refractivity contribution is 8.00. The van der Waals surface area contributed by atoms with Crippen molar-refractivity contribution in [2.45, 2.75) is 57.0 Å². The van der Waals surface area contributed by atoms with Gasteiger partial charge in [0, 0.05) is 5.56 Å². The maximum atomic E-state index is 12.5. The van der Waals surface area contributed by atoms with Crippen LogP contribution in [0.4, 0.5) is 4.79 Å². The molecule has 0 aliphatic heterocycles. The summed E-state index contributed by atoms with van der Waals surface area (Å²) in [5, 5.41) is 10.9. The molecule has 1 aromatic carbocycles. The highest BCUT2D eigenvalue weighted by Gasteiger charge is 2.28. The van der Waals surface area contributed by atoms with Crippen molar-refractivity contribution >= 4 is 23.7 Å². The highest BCUT2D eigenvalue weighted by atomic mass is 32.2. The molecule has 0 saturated heterocycles. The fourth-order valence-electron chi connectivity index (χ4n) is 3.21. The number of hydrogen-bond acceptors (Lipinski definition) is 6. The number of carbonyl (C=O) groups excluding carboxylic acids is 2. The van der Waals surface area contributed by atoms with Crippen molar-refractivity contribution in [3.8, 4) is 11.4 Å². The third-order valence-electron chi connectivity index (χ3n) is 4.96. The minimum absolute atomic E-state index is 0.0413. The number of nitrogens with one attached hydrogen (secondary N) is 1. The number of amides is 3. The van der Waals surface area contributed by atoms with Gasteiger partial charge in [-0.05, 0) is 29.0 Å². The second kappa shape index (κ2) is 9.60. The molecule has 2 heterocycles. The molecule has 3 rings (SSSR count). The number of nitrogens with zero attached hydrogens (tertiary/aromatic N) is 3. The molecular formula is C23H29N5O3S.